The number of benzene rings is 1. The molecule has 36 heavy (non-hydrogen) atoms. The first-order valence-corrected chi connectivity index (χ1v) is 11.3. The normalized spacial score (nSPS) is 14.8. The number of hydrogen-bond donors (Lipinski definition) is 2. The van der Waals surface area contributed by atoms with E-state index in [1.54, 1.807) is 0 Å². The van der Waals surface area contributed by atoms with E-state index in [0.717, 1.165) is 22.9 Å². The Morgan fingerprint density at radius 1 is 1.22 bits per heavy atom. The Balaban J connectivity index is 1.97. The zero-order valence-electron chi connectivity index (χ0n) is 18.4. The minimum atomic E-state index is -4.74. The molecule has 1 atom stereocenters. The van der Waals surface area contributed by atoms with Crippen LogP contribution in [-0.2, 0) is 0 Å². The molecule has 0 unspecified atom stereocenters. The number of halogens is 6. The summed E-state index contributed by atoms with van der Waals surface area (Å²) in [7, 11) is 0. The van der Waals surface area contributed by atoms with E-state index >= 15 is 0 Å². The van der Waals surface area contributed by atoms with Gasteiger partial charge in [-0.25, -0.2) is 14.2 Å². The monoisotopic (exact) mass is 545 g/mol. The van der Waals surface area contributed by atoms with Gasteiger partial charge in [-0.15, -0.1) is 0 Å². The summed E-state index contributed by atoms with van der Waals surface area (Å²) in [5.74, 6) is -1.90. The summed E-state index contributed by atoms with van der Waals surface area (Å²) in [5.41, 5.74) is -1.73. The number of nitrogens with zero attached hydrogens (tertiary/aromatic N) is 3. The number of urea groups is 1. The van der Waals surface area contributed by atoms with Gasteiger partial charge in [0, 0.05) is 19.3 Å². The highest BCUT2D eigenvalue weighted by Crippen LogP contribution is 2.32. The molecule has 3 heterocycles. The van der Waals surface area contributed by atoms with Gasteiger partial charge in [-0.2, -0.15) is 13.2 Å². The quantitative estimate of drug-likeness (QED) is 0.463. The lowest BCUT2D eigenvalue weighted by Crippen LogP contribution is -2.46. The van der Waals surface area contributed by atoms with E-state index in [0.29, 0.717) is 6.54 Å². The summed E-state index contributed by atoms with van der Waals surface area (Å²) in [4.78, 5) is 43.8. The largest absolute Gasteiger partial charge is 0.408 e. The number of rotatable bonds is 5. The number of carbonyl (C=O) groups excluding carboxylic acids is 2. The molecule has 2 N–H and O–H groups in total. The highest BCUT2D eigenvalue weighted by atomic mass is 35.5. The number of amides is 3. The van der Waals surface area contributed by atoms with Gasteiger partial charge in [0.2, 0.25) is 5.43 Å². The summed E-state index contributed by atoms with van der Waals surface area (Å²) < 4.78 is 54.7. The number of aromatic nitrogens is 2. The summed E-state index contributed by atoms with van der Waals surface area (Å²) in [6.07, 6.45) is -4.26. The van der Waals surface area contributed by atoms with Crippen molar-refractivity contribution in [3.63, 3.8) is 0 Å². The molecular weight excluding hydrogens is 529 g/mol. The van der Waals surface area contributed by atoms with Crippen LogP contribution in [0.25, 0.3) is 16.7 Å². The predicted molar refractivity (Wildman–Crippen MR) is 126 cm³/mol. The smallest absolute Gasteiger partial charge is 0.340 e. The third kappa shape index (κ3) is 4.70. The van der Waals surface area contributed by atoms with Crippen LogP contribution < -0.4 is 21.0 Å². The molecule has 0 aliphatic carbocycles. The van der Waals surface area contributed by atoms with Crippen molar-refractivity contribution in [2.24, 2.45) is 0 Å². The molecule has 0 saturated carbocycles. The van der Waals surface area contributed by atoms with E-state index < -0.39 is 47.4 Å². The van der Waals surface area contributed by atoms with Crippen molar-refractivity contribution in [2.75, 3.05) is 18.0 Å². The maximum atomic E-state index is 13.8. The van der Waals surface area contributed by atoms with E-state index in [9.17, 15) is 31.9 Å². The molecule has 3 aromatic rings. The first-order chi connectivity index (χ1) is 16.9. The zero-order valence-corrected chi connectivity index (χ0v) is 19.9. The number of alkyl halides is 3. The van der Waals surface area contributed by atoms with Crippen molar-refractivity contribution < 1.29 is 27.2 Å². The van der Waals surface area contributed by atoms with Crippen LogP contribution in [0.3, 0.4) is 0 Å². The minimum absolute atomic E-state index is 0.0721. The van der Waals surface area contributed by atoms with Gasteiger partial charge >= 0.3 is 12.2 Å². The van der Waals surface area contributed by atoms with E-state index in [4.69, 9.17) is 23.2 Å². The Kier molecular flexibility index (Phi) is 6.84. The van der Waals surface area contributed by atoms with Crippen molar-refractivity contribution in [1.82, 2.24) is 20.2 Å². The molecule has 1 saturated heterocycles. The molecule has 190 valence electrons. The van der Waals surface area contributed by atoms with Gasteiger partial charge in [-0.1, -0.05) is 30.1 Å². The lowest BCUT2D eigenvalue weighted by atomic mass is 10.1. The lowest BCUT2D eigenvalue weighted by Gasteiger charge is -2.21. The maximum absolute atomic E-state index is 13.8. The molecule has 4 rings (SSSR count). The molecule has 0 spiro atoms. The third-order valence-electron chi connectivity index (χ3n) is 5.55. The Labute approximate surface area is 210 Å². The highest BCUT2D eigenvalue weighted by molar-refractivity contribution is 6.37. The van der Waals surface area contributed by atoms with Gasteiger partial charge < -0.3 is 10.6 Å². The summed E-state index contributed by atoms with van der Waals surface area (Å²) in [5, 5.41) is 3.83. The molecule has 14 heteroatoms. The number of hydrogen-bond acceptors (Lipinski definition) is 4. The Morgan fingerprint density at radius 2 is 1.89 bits per heavy atom. The molecule has 3 amide bonds. The van der Waals surface area contributed by atoms with Crippen LogP contribution in [0.2, 0.25) is 10.0 Å². The van der Waals surface area contributed by atoms with Gasteiger partial charge in [0.1, 0.15) is 23.2 Å². The van der Waals surface area contributed by atoms with Crippen LogP contribution >= 0.6 is 23.2 Å². The number of pyridine rings is 2. The van der Waals surface area contributed by atoms with Crippen molar-refractivity contribution >= 4 is 52.0 Å². The topological polar surface area (TPSA) is 96.3 Å². The first-order valence-electron chi connectivity index (χ1n) is 10.6. The van der Waals surface area contributed by atoms with Crippen LogP contribution in [0, 0.1) is 5.82 Å². The molecule has 1 aromatic carbocycles. The Bertz CT molecular complexity index is 1420. The van der Waals surface area contributed by atoms with Crippen LogP contribution in [0.1, 0.15) is 23.7 Å². The second-order valence-electron chi connectivity index (χ2n) is 7.86. The van der Waals surface area contributed by atoms with Gasteiger partial charge in [-0.3, -0.25) is 19.1 Å². The van der Waals surface area contributed by atoms with E-state index in [1.807, 2.05) is 5.32 Å². The fourth-order valence-corrected chi connectivity index (χ4v) is 4.42. The van der Waals surface area contributed by atoms with Crippen LogP contribution in [0.4, 0.5) is 28.2 Å². The van der Waals surface area contributed by atoms with Crippen molar-refractivity contribution in [3.8, 4) is 5.69 Å². The van der Waals surface area contributed by atoms with Crippen LogP contribution in [0.15, 0.2) is 35.3 Å². The number of anilines is 1. The van der Waals surface area contributed by atoms with Gasteiger partial charge in [0.15, 0.2) is 5.65 Å². The standard InChI is InChI=1S/C22H17Cl2F4N5O3/c1-2-15(22(26,27)28)30-20(35)12-9-33(17-13(23)7-10(25)8-14(17)24)19-11(18(12)34)3-4-16(31-19)32-6-5-29-21(32)36/h3-4,7-9,15H,2,5-6H2,1H3,(H,29,36)(H,30,35)/t15-/m1/s1. The van der Waals surface area contributed by atoms with Crippen molar-refractivity contribution in [2.45, 2.75) is 25.6 Å². The van der Waals surface area contributed by atoms with E-state index in [-0.39, 0.29) is 39.1 Å². The lowest BCUT2D eigenvalue weighted by molar-refractivity contribution is -0.153. The average molecular weight is 546 g/mol. The molecule has 2 aromatic heterocycles. The van der Waals surface area contributed by atoms with Crippen molar-refractivity contribution in [1.29, 1.82) is 0 Å². The Hall–Kier alpha value is -3.38. The van der Waals surface area contributed by atoms with E-state index in [2.05, 4.69) is 10.3 Å². The van der Waals surface area contributed by atoms with E-state index in [1.165, 1.54) is 24.0 Å². The molecule has 0 bridgehead atoms. The van der Waals surface area contributed by atoms with Crippen LogP contribution in [-0.4, -0.2) is 46.8 Å². The summed E-state index contributed by atoms with van der Waals surface area (Å²) >= 11 is 12.4. The van der Waals surface area contributed by atoms with Crippen LogP contribution in [0.5, 0.6) is 0 Å². The predicted octanol–water partition coefficient (Wildman–Crippen LogP) is 4.43. The number of nitrogens with one attached hydrogen (secondary N) is 2. The summed E-state index contributed by atoms with van der Waals surface area (Å²) in [6, 6.07) is 1.88. The molecule has 1 aliphatic heterocycles. The first kappa shape index (κ1) is 25.7. The Morgan fingerprint density at radius 3 is 2.44 bits per heavy atom. The van der Waals surface area contributed by atoms with Gasteiger partial charge in [-0.05, 0) is 30.7 Å². The van der Waals surface area contributed by atoms with Gasteiger partial charge in [0.05, 0.1) is 21.1 Å². The second-order valence-corrected chi connectivity index (χ2v) is 8.67. The molecule has 1 aliphatic rings. The SMILES string of the molecule is CC[C@@H](NC(=O)c1cn(-c2c(Cl)cc(F)cc2Cl)c2nc(N3CCNC3=O)ccc2c1=O)C(F)(F)F. The maximum Gasteiger partial charge on any atom is 0.408 e. The fourth-order valence-electron chi connectivity index (χ4n) is 3.78. The fraction of sp³-hybridized carbons (Fsp3) is 0.273. The average Bonchev–Trinajstić information content (AvgIpc) is 3.22. The minimum Gasteiger partial charge on any atom is -0.340 e. The van der Waals surface area contributed by atoms with Gasteiger partial charge in [0.25, 0.3) is 5.91 Å². The molecule has 8 nitrogen and oxygen atoms in total. The molecular formula is C22H17Cl2F4N5O3. The number of fused-ring (bicyclic) bond motifs is 1. The summed E-state index contributed by atoms with van der Waals surface area (Å²) in [6.45, 7) is 1.88. The number of carbonyl (C=O) groups is 2. The molecule has 0 radical (unpaired) electrons. The molecule has 1 fully saturated rings. The second kappa shape index (κ2) is 9.58. The third-order valence-corrected chi connectivity index (χ3v) is 6.12. The zero-order chi connectivity index (χ0) is 26.4. The van der Waals surface area contributed by atoms with Crippen molar-refractivity contribution in [3.05, 3.63) is 62.1 Å². The highest BCUT2D eigenvalue weighted by Gasteiger charge is 2.39.